The molecule has 1 amide bonds. The van der Waals surface area contributed by atoms with E-state index in [1.165, 1.54) is 0 Å². The van der Waals surface area contributed by atoms with Gasteiger partial charge < -0.3 is 15.8 Å². The molecule has 0 aliphatic carbocycles. The third kappa shape index (κ3) is 4.33. The van der Waals surface area contributed by atoms with Gasteiger partial charge in [0, 0.05) is 24.2 Å². The first-order valence-electron chi connectivity index (χ1n) is 7.01. The van der Waals surface area contributed by atoms with E-state index in [1.807, 2.05) is 49.4 Å². The van der Waals surface area contributed by atoms with Gasteiger partial charge in [0.05, 0.1) is 6.61 Å². The normalized spacial score (nSPS) is 10.3. The van der Waals surface area contributed by atoms with Crippen LogP contribution in [0.15, 0.2) is 48.5 Å². The first-order valence-corrected chi connectivity index (χ1v) is 7.01. The number of carbonyl (C=O) groups is 1. The molecule has 0 bridgehead atoms. The zero-order valence-electron chi connectivity index (χ0n) is 12.1. The molecule has 0 saturated carbocycles. The summed E-state index contributed by atoms with van der Waals surface area (Å²) in [6.07, 6.45) is 0. The highest BCUT2D eigenvalue weighted by Gasteiger charge is 2.03. The van der Waals surface area contributed by atoms with Gasteiger partial charge in [0.1, 0.15) is 5.75 Å². The van der Waals surface area contributed by atoms with Gasteiger partial charge in [0.2, 0.25) is 5.91 Å². The van der Waals surface area contributed by atoms with Crippen LogP contribution >= 0.6 is 0 Å². The van der Waals surface area contributed by atoms with Crippen LogP contribution in [0, 0.1) is 0 Å². The molecule has 0 atom stereocenters. The Balaban J connectivity index is 1.95. The molecule has 110 valence electrons. The van der Waals surface area contributed by atoms with Crippen molar-refractivity contribution < 1.29 is 9.53 Å². The molecule has 0 heterocycles. The summed E-state index contributed by atoms with van der Waals surface area (Å²) in [4.78, 5) is 11.2. The monoisotopic (exact) mass is 284 g/mol. The van der Waals surface area contributed by atoms with E-state index in [0.717, 1.165) is 16.9 Å². The number of hydrogen-bond donors (Lipinski definition) is 2. The van der Waals surface area contributed by atoms with Gasteiger partial charge in [0.25, 0.3) is 0 Å². The highest BCUT2D eigenvalue weighted by atomic mass is 16.5. The quantitative estimate of drug-likeness (QED) is 0.821. The summed E-state index contributed by atoms with van der Waals surface area (Å²) < 4.78 is 5.59. The summed E-state index contributed by atoms with van der Waals surface area (Å²) in [7, 11) is 0. The molecule has 0 aromatic heterocycles. The number of amides is 1. The van der Waals surface area contributed by atoms with Crippen LogP contribution < -0.4 is 15.8 Å². The Morgan fingerprint density at radius 2 is 1.95 bits per heavy atom. The zero-order valence-corrected chi connectivity index (χ0v) is 12.1. The van der Waals surface area contributed by atoms with Crippen molar-refractivity contribution in [2.75, 3.05) is 6.61 Å². The average Bonchev–Trinajstić information content (AvgIpc) is 2.49. The van der Waals surface area contributed by atoms with Gasteiger partial charge in [-0.25, -0.2) is 0 Å². The first kappa shape index (κ1) is 15.1. The molecule has 4 nitrogen and oxygen atoms in total. The molecule has 0 spiro atoms. The third-order valence-corrected chi connectivity index (χ3v) is 3.13. The van der Waals surface area contributed by atoms with Crippen molar-refractivity contribution >= 4 is 5.91 Å². The zero-order chi connectivity index (χ0) is 15.1. The van der Waals surface area contributed by atoms with Crippen LogP contribution in [0.25, 0.3) is 0 Å². The Bertz CT molecular complexity index is 611. The van der Waals surface area contributed by atoms with E-state index in [4.69, 9.17) is 10.5 Å². The number of carbonyl (C=O) groups excluding carboxylic acids is 1. The van der Waals surface area contributed by atoms with E-state index < -0.39 is 5.91 Å². The standard InChI is InChI=1S/C17H20N2O2/c1-2-21-16-9-4-3-7-15(16)12-19-11-13-6-5-8-14(10-13)17(18)20/h3-10,19H,2,11-12H2,1H3,(H2,18,20). The highest BCUT2D eigenvalue weighted by molar-refractivity contribution is 5.92. The Morgan fingerprint density at radius 1 is 1.14 bits per heavy atom. The van der Waals surface area contributed by atoms with Crippen LogP contribution in [-0.2, 0) is 13.1 Å². The maximum atomic E-state index is 11.2. The lowest BCUT2D eigenvalue weighted by molar-refractivity contribution is 0.1000. The lowest BCUT2D eigenvalue weighted by Crippen LogP contribution is -2.15. The molecular formula is C17H20N2O2. The van der Waals surface area contributed by atoms with Crippen molar-refractivity contribution in [1.82, 2.24) is 5.32 Å². The molecule has 0 unspecified atom stereocenters. The van der Waals surface area contributed by atoms with Gasteiger partial charge in [-0.3, -0.25) is 4.79 Å². The number of rotatable bonds is 7. The van der Waals surface area contributed by atoms with Gasteiger partial charge in [0.15, 0.2) is 0 Å². The Labute approximate surface area is 124 Å². The molecule has 0 fully saturated rings. The number of nitrogens with two attached hydrogens (primary N) is 1. The first-order chi connectivity index (χ1) is 10.2. The minimum absolute atomic E-state index is 0.404. The average molecular weight is 284 g/mol. The fourth-order valence-corrected chi connectivity index (χ4v) is 2.12. The minimum atomic E-state index is -0.404. The van der Waals surface area contributed by atoms with Gasteiger partial charge in [-0.15, -0.1) is 0 Å². The number of para-hydroxylation sites is 1. The van der Waals surface area contributed by atoms with Crippen molar-refractivity contribution in [3.05, 3.63) is 65.2 Å². The van der Waals surface area contributed by atoms with Gasteiger partial charge >= 0.3 is 0 Å². The molecule has 3 N–H and O–H groups in total. The number of nitrogens with one attached hydrogen (secondary N) is 1. The van der Waals surface area contributed by atoms with Crippen LogP contribution in [-0.4, -0.2) is 12.5 Å². The second-order valence-electron chi connectivity index (χ2n) is 4.71. The molecule has 2 aromatic carbocycles. The van der Waals surface area contributed by atoms with Crippen molar-refractivity contribution in [2.45, 2.75) is 20.0 Å². The topological polar surface area (TPSA) is 64.3 Å². The highest BCUT2D eigenvalue weighted by Crippen LogP contribution is 2.17. The van der Waals surface area contributed by atoms with Gasteiger partial charge in [-0.05, 0) is 30.7 Å². The molecule has 4 heteroatoms. The second kappa shape index (κ2) is 7.45. The van der Waals surface area contributed by atoms with Crippen molar-refractivity contribution in [1.29, 1.82) is 0 Å². The molecule has 0 aliphatic heterocycles. The third-order valence-electron chi connectivity index (χ3n) is 3.13. The predicted octanol–water partition coefficient (Wildman–Crippen LogP) is 2.47. The molecule has 0 saturated heterocycles. The van der Waals surface area contributed by atoms with E-state index in [1.54, 1.807) is 6.07 Å². The van der Waals surface area contributed by atoms with Crippen molar-refractivity contribution in [3.63, 3.8) is 0 Å². The van der Waals surface area contributed by atoms with Crippen LogP contribution in [0.1, 0.15) is 28.4 Å². The van der Waals surface area contributed by atoms with E-state index in [-0.39, 0.29) is 0 Å². The summed E-state index contributed by atoms with van der Waals surface area (Å²) in [5.74, 6) is 0.497. The van der Waals surface area contributed by atoms with Gasteiger partial charge in [-0.2, -0.15) is 0 Å². The molecule has 2 rings (SSSR count). The van der Waals surface area contributed by atoms with Gasteiger partial charge in [-0.1, -0.05) is 30.3 Å². The lowest BCUT2D eigenvalue weighted by atomic mass is 10.1. The van der Waals surface area contributed by atoms with E-state index in [0.29, 0.717) is 25.3 Å². The molecular weight excluding hydrogens is 264 g/mol. The smallest absolute Gasteiger partial charge is 0.248 e. The van der Waals surface area contributed by atoms with Crippen LogP contribution in [0.5, 0.6) is 5.75 Å². The SMILES string of the molecule is CCOc1ccccc1CNCc1cccc(C(N)=O)c1. The largest absolute Gasteiger partial charge is 0.494 e. The summed E-state index contributed by atoms with van der Waals surface area (Å²) in [6, 6.07) is 15.3. The van der Waals surface area contributed by atoms with Crippen LogP contribution in [0.4, 0.5) is 0 Å². The van der Waals surface area contributed by atoms with Crippen LogP contribution in [0.3, 0.4) is 0 Å². The van der Waals surface area contributed by atoms with E-state index in [2.05, 4.69) is 5.32 Å². The predicted molar refractivity (Wildman–Crippen MR) is 83.1 cm³/mol. The Morgan fingerprint density at radius 3 is 2.71 bits per heavy atom. The summed E-state index contributed by atoms with van der Waals surface area (Å²) in [6.45, 7) is 4.00. The van der Waals surface area contributed by atoms with E-state index >= 15 is 0 Å². The number of benzene rings is 2. The fourth-order valence-electron chi connectivity index (χ4n) is 2.12. The number of primary amides is 1. The maximum absolute atomic E-state index is 11.2. The molecule has 21 heavy (non-hydrogen) atoms. The molecule has 2 aromatic rings. The summed E-state index contributed by atoms with van der Waals surface area (Å²) >= 11 is 0. The Hall–Kier alpha value is -2.33. The second-order valence-corrected chi connectivity index (χ2v) is 4.71. The number of ether oxygens (including phenoxy) is 1. The summed E-state index contributed by atoms with van der Waals surface area (Å²) in [5, 5.41) is 3.35. The lowest BCUT2D eigenvalue weighted by Gasteiger charge is -2.11. The molecule has 0 radical (unpaired) electrons. The van der Waals surface area contributed by atoms with Crippen molar-refractivity contribution in [3.8, 4) is 5.75 Å². The van der Waals surface area contributed by atoms with E-state index in [9.17, 15) is 4.79 Å². The number of hydrogen-bond acceptors (Lipinski definition) is 3. The maximum Gasteiger partial charge on any atom is 0.248 e. The van der Waals surface area contributed by atoms with Crippen molar-refractivity contribution in [2.24, 2.45) is 5.73 Å². The summed E-state index contributed by atoms with van der Waals surface area (Å²) in [5.41, 5.74) is 7.96. The Kier molecular flexibility index (Phi) is 5.35. The molecule has 0 aliphatic rings. The van der Waals surface area contributed by atoms with Crippen LogP contribution in [0.2, 0.25) is 0 Å². The minimum Gasteiger partial charge on any atom is -0.494 e. The fraction of sp³-hybridized carbons (Fsp3) is 0.235.